The number of morpholine rings is 1. The highest BCUT2D eigenvalue weighted by Crippen LogP contribution is 2.26. The Labute approximate surface area is 148 Å². The average Bonchev–Trinajstić information content (AvgIpc) is 3.11. The molecule has 2 heterocycles. The first kappa shape index (κ1) is 16.3. The van der Waals surface area contributed by atoms with Crippen LogP contribution in [-0.2, 0) is 4.74 Å². The van der Waals surface area contributed by atoms with Crippen LogP contribution in [0, 0.1) is 0 Å². The van der Waals surface area contributed by atoms with Gasteiger partial charge < -0.3 is 19.2 Å². The SMILES string of the molecule is O=C(O)c1cccc(-c2nc3cc(C(=O)N4CCOCC4)ccc3o2)c1. The zero-order chi connectivity index (χ0) is 18.1. The molecule has 26 heavy (non-hydrogen) atoms. The normalized spacial score (nSPS) is 14.5. The Kier molecular flexibility index (Phi) is 4.14. The van der Waals surface area contributed by atoms with Crippen molar-refractivity contribution in [2.45, 2.75) is 0 Å². The molecule has 7 heteroatoms. The van der Waals surface area contributed by atoms with Gasteiger partial charge in [0.1, 0.15) is 5.52 Å². The largest absolute Gasteiger partial charge is 0.478 e. The Morgan fingerprint density at radius 3 is 2.62 bits per heavy atom. The first-order valence-corrected chi connectivity index (χ1v) is 8.23. The predicted molar refractivity (Wildman–Crippen MR) is 93.1 cm³/mol. The van der Waals surface area contributed by atoms with E-state index in [0.717, 1.165) is 0 Å². The Bertz CT molecular complexity index is 989. The second-order valence-electron chi connectivity index (χ2n) is 5.99. The van der Waals surface area contributed by atoms with E-state index in [4.69, 9.17) is 14.3 Å². The molecule has 7 nitrogen and oxygen atoms in total. The number of aromatic carboxylic acids is 1. The van der Waals surface area contributed by atoms with E-state index in [1.54, 1.807) is 35.2 Å². The fourth-order valence-electron chi connectivity index (χ4n) is 2.92. The third-order valence-electron chi connectivity index (χ3n) is 4.29. The lowest BCUT2D eigenvalue weighted by Crippen LogP contribution is -2.40. The second-order valence-corrected chi connectivity index (χ2v) is 5.99. The molecule has 1 aliphatic rings. The van der Waals surface area contributed by atoms with Crippen molar-refractivity contribution in [1.82, 2.24) is 9.88 Å². The van der Waals surface area contributed by atoms with Gasteiger partial charge in [0, 0.05) is 24.2 Å². The van der Waals surface area contributed by atoms with Gasteiger partial charge in [-0.2, -0.15) is 0 Å². The minimum absolute atomic E-state index is 0.0624. The Balaban J connectivity index is 1.66. The summed E-state index contributed by atoms with van der Waals surface area (Å²) in [5.41, 5.74) is 2.37. The lowest BCUT2D eigenvalue weighted by Gasteiger charge is -2.26. The topological polar surface area (TPSA) is 92.9 Å². The van der Waals surface area contributed by atoms with Crippen LogP contribution in [0.2, 0.25) is 0 Å². The van der Waals surface area contributed by atoms with Gasteiger partial charge in [0.15, 0.2) is 5.58 Å². The summed E-state index contributed by atoms with van der Waals surface area (Å²) in [6.45, 7) is 2.23. The zero-order valence-corrected chi connectivity index (χ0v) is 13.8. The van der Waals surface area contributed by atoms with Crippen molar-refractivity contribution in [3.63, 3.8) is 0 Å². The number of ether oxygens (including phenoxy) is 1. The van der Waals surface area contributed by atoms with Crippen LogP contribution in [0.1, 0.15) is 20.7 Å². The molecule has 0 spiro atoms. The Hall–Kier alpha value is -3.19. The van der Waals surface area contributed by atoms with Crippen molar-refractivity contribution in [3.8, 4) is 11.5 Å². The highest BCUT2D eigenvalue weighted by molar-refractivity contribution is 5.97. The molecule has 4 rings (SSSR count). The smallest absolute Gasteiger partial charge is 0.335 e. The fraction of sp³-hybridized carbons (Fsp3) is 0.211. The van der Waals surface area contributed by atoms with Crippen molar-refractivity contribution in [1.29, 1.82) is 0 Å². The van der Waals surface area contributed by atoms with Gasteiger partial charge in [-0.3, -0.25) is 4.79 Å². The Morgan fingerprint density at radius 1 is 1.04 bits per heavy atom. The first-order valence-electron chi connectivity index (χ1n) is 8.23. The lowest BCUT2D eigenvalue weighted by atomic mass is 10.1. The van der Waals surface area contributed by atoms with E-state index in [2.05, 4.69) is 4.98 Å². The standard InChI is InChI=1S/C19H16N2O5/c22-18(21-6-8-25-9-7-21)13-4-5-16-15(11-13)20-17(26-16)12-2-1-3-14(10-12)19(23)24/h1-5,10-11H,6-9H2,(H,23,24). The second kappa shape index (κ2) is 6.61. The van der Waals surface area contributed by atoms with E-state index in [9.17, 15) is 9.59 Å². The molecule has 1 fully saturated rings. The maximum Gasteiger partial charge on any atom is 0.335 e. The van der Waals surface area contributed by atoms with Crippen molar-refractivity contribution < 1.29 is 23.8 Å². The summed E-state index contributed by atoms with van der Waals surface area (Å²) < 4.78 is 11.0. The summed E-state index contributed by atoms with van der Waals surface area (Å²) in [4.78, 5) is 29.9. The number of fused-ring (bicyclic) bond motifs is 1. The molecule has 0 unspecified atom stereocenters. The van der Waals surface area contributed by atoms with Gasteiger partial charge in [-0.1, -0.05) is 6.07 Å². The van der Waals surface area contributed by atoms with Crippen LogP contribution in [0.4, 0.5) is 0 Å². The number of carboxylic acid groups (broad SMARTS) is 1. The van der Waals surface area contributed by atoms with Gasteiger partial charge in [0.2, 0.25) is 5.89 Å². The number of nitrogens with zero attached hydrogens (tertiary/aromatic N) is 2. The number of rotatable bonds is 3. The van der Waals surface area contributed by atoms with Crippen molar-refractivity contribution in [2.24, 2.45) is 0 Å². The minimum Gasteiger partial charge on any atom is -0.478 e. The Morgan fingerprint density at radius 2 is 1.85 bits per heavy atom. The predicted octanol–water partition coefficient (Wildman–Crippen LogP) is 2.67. The molecule has 0 radical (unpaired) electrons. The molecule has 1 aromatic heterocycles. The van der Waals surface area contributed by atoms with Crippen LogP contribution in [0.3, 0.4) is 0 Å². The van der Waals surface area contributed by atoms with Crippen LogP contribution in [0.5, 0.6) is 0 Å². The molecule has 1 saturated heterocycles. The zero-order valence-electron chi connectivity index (χ0n) is 13.8. The summed E-state index contributed by atoms with van der Waals surface area (Å²) in [5.74, 6) is -0.756. The van der Waals surface area contributed by atoms with E-state index >= 15 is 0 Å². The van der Waals surface area contributed by atoms with E-state index in [-0.39, 0.29) is 11.5 Å². The first-order chi connectivity index (χ1) is 12.6. The molecular weight excluding hydrogens is 336 g/mol. The monoisotopic (exact) mass is 352 g/mol. The van der Waals surface area contributed by atoms with Crippen molar-refractivity contribution in [2.75, 3.05) is 26.3 Å². The van der Waals surface area contributed by atoms with Crippen molar-refractivity contribution in [3.05, 3.63) is 53.6 Å². The van der Waals surface area contributed by atoms with Gasteiger partial charge in [-0.25, -0.2) is 9.78 Å². The molecule has 0 atom stereocenters. The molecule has 0 aliphatic carbocycles. The number of hydrogen-bond donors (Lipinski definition) is 1. The number of hydrogen-bond acceptors (Lipinski definition) is 5. The molecule has 1 aliphatic heterocycles. The average molecular weight is 352 g/mol. The highest BCUT2D eigenvalue weighted by Gasteiger charge is 2.20. The summed E-state index contributed by atoms with van der Waals surface area (Å²) in [6, 6.07) is 11.5. The van der Waals surface area contributed by atoms with Gasteiger partial charge in [-0.15, -0.1) is 0 Å². The fourth-order valence-corrected chi connectivity index (χ4v) is 2.92. The van der Waals surface area contributed by atoms with Crippen LogP contribution in [0.25, 0.3) is 22.6 Å². The lowest BCUT2D eigenvalue weighted by molar-refractivity contribution is 0.0303. The van der Waals surface area contributed by atoms with Crippen LogP contribution >= 0.6 is 0 Å². The van der Waals surface area contributed by atoms with E-state index in [1.165, 1.54) is 12.1 Å². The summed E-state index contributed by atoms with van der Waals surface area (Å²) in [5, 5.41) is 9.12. The van der Waals surface area contributed by atoms with Crippen LogP contribution in [-0.4, -0.2) is 53.2 Å². The molecule has 0 saturated carbocycles. The third-order valence-corrected chi connectivity index (χ3v) is 4.29. The summed E-state index contributed by atoms with van der Waals surface area (Å²) >= 11 is 0. The minimum atomic E-state index is -1.01. The van der Waals surface area contributed by atoms with Gasteiger partial charge in [0.05, 0.1) is 18.8 Å². The molecule has 1 N–H and O–H groups in total. The summed E-state index contributed by atoms with van der Waals surface area (Å²) in [6.07, 6.45) is 0. The summed E-state index contributed by atoms with van der Waals surface area (Å²) in [7, 11) is 0. The maximum atomic E-state index is 12.6. The number of benzene rings is 2. The van der Waals surface area contributed by atoms with Crippen LogP contribution < -0.4 is 0 Å². The van der Waals surface area contributed by atoms with E-state index in [0.29, 0.717) is 54.4 Å². The van der Waals surface area contributed by atoms with E-state index < -0.39 is 5.97 Å². The van der Waals surface area contributed by atoms with Crippen molar-refractivity contribution >= 4 is 23.0 Å². The molecular formula is C19H16N2O5. The number of amides is 1. The number of carbonyl (C=O) groups excluding carboxylic acids is 1. The number of oxazole rings is 1. The molecule has 0 bridgehead atoms. The molecule has 1 amide bonds. The van der Waals surface area contributed by atoms with Gasteiger partial charge >= 0.3 is 5.97 Å². The van der Waals surface area contributed by atoms with Crippen LogP contribution in [0.15, 0.2) is 46.9 Å². The van der Waals surface area contributed by atoms with E-state index in [1.807, 2.05) is 0 Å². The van der Waals surface area contributed by atoms with Gasteiger partial charge in [0.25, 0.3) is 5.91 Å². The quantitative estimate of drug-likeness (QED) is 0.779. The molecule has 3 aromatic rings. The number of carboxylic acids is 1. The maximum absolute atomic E-state index is 12.6. The molecule has 2 aromatic carbocycles. The number of carbonyl (C=O) groups is 2. The number of aromatic nitrogens is 1. The molecule has 132 valence electrons. The highest BCUT2D eigenvalue weighted by atomic mass is 16.5. The third kappa shape index (κ3) is 3.04. The van der Waals surface area contributed by atoms with Gasteiger partial charge in [-0.05, 0) is 36.4 Å².